The second-order valence-corrected chi connectivity index (χ2v) is 4.39. The number of aromatic nitrogens is 2. The van der Waals surface area contributed by atoms with E-state index in [0.29, 0.717) is 5.69 Å². The fourth-order valence-electron chi connectivity index (χ4n) is 1.55. The lowest BCUT2D eigenvalue weighted by molar-refractivity contribution is 0.469. The first-order valence-corrected chi connectivity index (χ1v) is 5.39. The fourth-order valence-corrected chi connectivity index (χ4v) is 1.90. The number of rotatable bonds is 1. The van der Waals surface area contributed by atoms with Crippen LogP contribution in [0.1, 0.15) is 11.4 Å². The molecule has 0 fully saturated rings. The van der Waals surface area contributed by atoms with Crippen molar-refractivity contribution in [3.63, 3.8) is 0 Å². The van der Waals surface area contributed by atoms with Crippen LogP contribution in [0.3, 0.4) is 0 Å². The van der Waals surface area contributed by atoms with E-state index in [1.807, 2.05) is 32.0 Å². The van der Waals surface area contributed by atoms with Crippen molar-refractivity contribution in [2.75, 3.05) is 0 Å². The highest BCUT2D eigenvalue weighted by atomic mass is 79.9. The molecular formula is C11H11BrN2O. The smallest absolute Gasteiger partial charge is 0.142 e. The van der Waals surface area contributed by atoms with Crippen LogP contribution in [0.4, 0.5) is 0 Å². The monoisotopic (exact) mass is 266 g/mol. The lowest BCUT2D eigenvalue weighted by Gasteiger charge is -2.06. The molecule has 0 saturated heterocycles. The zero-order valence-electron chi connectivity index (χ0n) is 8.53. The van der Waals surface area contributed by atoms with Crippen LogP contribution in [0.25, 0.3) is 5.69 Å². The second kappa shape index (κ2) is 3.70. The zero-order valence-corrected chi connectivity index (χ0v) is 10.1. The first-order chi connectivity index (χ1) is 7.08. The highest BCUT2D eigenvalue weighted by Gasteiger charge is 2.08. The number of phenols is 1. The van der Waals surface area contributed by atoms with Gasteiger partial charge in [0.05, 0.1) is 5.69 Å². The van der Waals surface area contributed by atoms with E-state index in [9.17, 15) is 5.11 Å². The van der Waals surface area contributed by atoms with Gasteiger partial charge in [-0.3, -0.25) is 0 Å². The minimum Gasteiger partial charge on any atom is -0.506 e. The molecule has 0 atom stereocenters. The maximum Gasteiger partial charge on any atom is 0.142 e. The molecule has 0 amide bonds. The minimum atomic E-state index is 0.218. The number of aromatic hydroxyl groups is 1. The van der Waals surface area contributed by atoms with Gasteiger partial charge in [0.15, 0.2) is 0 Å². The van der Waals surface area contributed by atoms with E-state index in [1.165, 1.54) is 0 Å². The van der Waals surface area contributed by atoms with Gasteiger partial charge in [-0.05, 0) is 38.1 Å². The number of nitrogens with zero attached hydrogens (tertiary/aromatic N) is 2. The molecule has 1 aromatic carbocycles. The average Bonchev–Trinajstić information content (AvgIpc) is 2.45. The summed E-state index contributed by atoms with van der Waals surface area (Å²) in [6, 6.07) is 7.34. The van der Waals surface area contributed by atoms with Crippen molar-refractivity contribution in [3.8, 4) is 11.4 Å². The summed E-state index contributed by atoms with van der Waals surface area (Å²) in [5, 5.41) is 14.1. The van der Waals surface area contributed by atoms with Gasteiger partial charge < -0.3 is 5.11 Å². The van der Waals surface area contributed by atoms with Gasteiger partial charge in [0.1, 0.15) is 11.4 Å². The number of hydrogen-bond donors (Lipinski definition) is 1. The van der Waals surface area contributed by atoms with Crippen LogP contribution in [0.5, 0.6) is 5.75 Å². The van der Waals surface area contributed by atoms with Gasteiger partial charge in [0, 0.05) is 10.2 Å². The molecular weight excluding hydrogens is 256 g/mol. The molecule has 0 aliphatic heterocycles. The molecule has 0 unspecified atom stereocenters. The molecule has 0 aliphatic rings. The summed E-state index contributed by atoms with van der Waals surface area (Å²) in [7, 11) is 0. The van der Waals surface area contributed by atoms with Crippen molar-refractivity contribution < 1.29 is 5.11 Å². The van der Waals surface area contributed by atoms with Crippen molar-refractivity contribution in [2.45, 2.75) is 13.8 Å². The Balaban J connectivity index is 2.59. The second-order valence-electron chi connectivity index (χ2n) is 3.47. The van der Waals surface area contributed by atoms with Crippen molar-refractivity contribution >= 4 is 15.9 Å². The Bertz CT molecular complexity index is 505. The number of aryl methyl sites for hydroxylation is 2. The summed E-state index contributed by atoms with van der Waals surface area (Å²) in [6.45, 7) is 3.89. The summed E-state index contributed by atoms with van der Waals surface area (Å²) < 4.78 is 2.59. The van der Waals surface area contributed by atoms with Gasteiger partial charge in [-0.2, -0.15) is 5.10 Å². The lowest BCUT2D eigenvalue weighted by Crippen LogP contribution is -1.99. The van der Waals surface area contributed by atoms with E-state index in [0.717, 1.165) is 15.9 Å². The Morgan fingerprint density at radius 3 is 2.53 bits per heavy atom. The van der Waals surface area contributed by atoms with Crippen LogP contribution < -0.4 is 0 Å². The van der Waals surface area contributed by atoms with E-state index in [4.69, 9.17) is 0 Å². The van der Waals surface area contributed by atoms with E-state index >= 15 is 0 Å². The molecule has 1 heterocycles. The minimum absolute atomic E-state index is 0.218. The largest absolute Gasteiger partial charge is 0.506 e. The van der Waals surface area contributed by atoms with E-state index in [2.05, 4.69) is 21.0 Å². The van der Waals surface area contributed by atoms with Gasteiger partial charge in [0.25, 0.3) is 0 Å². The zero-order chi connectivity index (χ0) is 11.0. The molecule has 78 valence electrons. The van der Waals surface area contributed by atoms with Crippen LogP contribution in [-0.4, -0.2) is 14.9 Å². The van der Waals surface area contributed by atoms with Crippen molar-refractivity contribution in [1.29, 1.82) is 0 Å². The van der Waals surface area contributed by atoms with Crippen molar-refractivity contribution in [3.05, 3.63) is 40.1 Å². The van der Waals surface area contributed by atoms with Gasteiger partial charge in [-0.15, -0.1) is 0 Å². The standard InChI is InChI=1S/C11H11BrN2O/c1-7-5-8(2)14(13-7)10-4-3-9(12)6-11(10)15/h3-6,15H,1-2H3. The predicted octanol–water partition coefficient (Wildman–Crippen LogP) is 2.96. The third-order valence-corrected chi connectivity index (χ3v) is 2.67. The summed E-state index contributed by atoms with van der Waals surface area (Å²) in [6.07, 6.45) is 0. The van der Waals surface area contributed by atoms with Crippen LogP contribution in [0.2, 0.25) is 0 Å². The summed E-state index contributed by atoms with van der Waals surface area (Å²) in [5.41, 5.74) is 2.64. The Morgan fingerprint density at radius 2 is 2.00 bits per heavy atom. The summed E-state index contributed by atoms with van der Waals surface area (Å²) >= 11 is 3.30. The highest BCUT2D eigenvalue weighted by Crippen LogP contribution is 2.26. The molecule has 1 aromatic heterocycles. The molecule has 0 bridgehead atoms. The lowest BCUT2D eigenvalue weighted by atomic mass is 10.3. The Hall–Kier alpha value is -1.29. The van der Waals surface area contributed by atoms with Gasteiger partial charge in [-0.25, -0.2) is 4.68 Å². The normalized spacial score (nSPS) is 10.6. The summed E-state index contributed by atoms with van der Waals surface area (Å²) in [5.74, 6) is 0.218. The fraction of sp³-hybridized carbons (Fsp3) is 0.182. The average molecular weight is 267 g/mol. The third kappa shape index (κ3) is 1.90. The van der Waals surface area contributed by atoms with E-state index in [1.54, 1.807) is 10.7 Å². The molecule has 2 rings (SSSR count). The summed E-state index contributed by atoms with van der Waals surface area (Å²) in [4.78, 5) is 0. The maximum atomic E-state index is 9.79. The van der Waals surface area contributed by atoms with Crippen LogP contribution in [0, 0.1) is 13.8 Å². The van der Waals surface area contributed by atoms with E-state index < -0.39 is 0 Å². The molecule has 0 radical (unpaired) electrons. The molecule has 3 nitrogen and oxygen atoms in total. The number of benzene rings is 1. The van der Waals surface area contributed by atoms with Crippen molar-refractivity contribution in [2.24, 2.45) is 0 Å². The van der Waals surface area contributed by atoms with Crippen LogP contribution in [-0.2, 0) is 0 Å². The molecule has 0 aliphatic carbocycles. The SMILES string of the molecule is Cc1cc(C)n(-c2ccc(Br)cc2O)n1. The molecule has 15 heavy (non-hydrogen) atoms. The van der Waals surface area contributed by atoms with Gasteiger partial charge in [-0.1, -0.05) is 15.9 Å². The molecule has 2 aromatic rings. The van der Waals surface area contributed by atoms with Gasteiger partial charge in [0.2, 0.25) is 0 Å². The topological polar surface area (TPSA) is 38.0 Å². The molecule has 4 heteroatoms. The third-order valence-electron chi connectivity index (χ3n) is 2.18. The van der Waals surface area contributed by atoms with Crippen LogP contribution in [0.15, 0.2) is 28.7 Å². The quantitative estimate of drug-likeness (QED) is 0.862. The first-order valence-electron chi connectivity index (χ1n) is 4.60. The number of phenolic OH excluding ortho intramolecular Hbond substituents is 1. The predicted molar refractivity (Wildman–Crippen MR) is 62.4 cm³/mol. The van der Waals surface area contributed by atoms with E-state index in [-0.39, 0.29) is 5.75 Å². The number of hydrogen-bond acceptors (Lipinski definition) is 2. The van der Waals surface area contributed by atoms with Crippen LogP contribution >= 0.6 is 15.9 Å². The Kier molecular flexibility index (Phi) is 2.52. The number of halogens is 1. The van der Waals surface area contributed by atoms with Crippen molar-refractivity contribution in [1.82, 2.24) is 9.78 Å². The molecule has 0 spiro atoms. The van der Waals surface area contributed by atoms with Gasteiger partial charge >= 0.3 is 0 Å². The highest BCUT2D eigenvalue weighted by molar-refractivity contribution is 9.10. The molecule has 1 N–H and O–H groups in total. The first kappa shape index (κ1) is 10.2. The Morgan fingerprint density at radius 1 is 1.27 bits per heavy atom. The maximum absolute atomic E-state index is 9.79. The molecule has 0 saturated carbocycles. The Labute approximate surface area is 96.5 Å².